The minimum atomic E-state index is -1.19. The molecular formula is C15H16F2N2O3. The van der Waals surface area contributed by atoms with E-state index in [0.717, 1.165) is 25.0 Å². The van der Waals surface area contributed by atoms with E-state index >= 15 is 0 Å². The molecule has 1 heterocycles. The molecule has 0 saturated carbocycles. The summed E-state index contributed by atoms with van der Waals surface area (Å²) in [5.41, 5.74) is -0.0867. The predicted octanol–water partition coefficient (Wildman–Crippen LogP) is 1.84. The number of carbonyl (C=O) groups excluding carboxylic acids is 1. The lowest BCUT2D eigenvalue weighted by molar-refractivity contribution is -0.127. The van der Waals surface area contributed by atoms with Crippen LogP contribution in [0.1, 0.15) is 24.4 Å². The van der Waals surface area contributed by atoms with Crippen molar-refractivity contribution in [2.45, 2.75) is 25.0 Å². The van der Waals surface area contributed by atoms with E-state index in [1.807, 2.05) is 0 Å². The van der Waals surface area contributed by atoms with Crippen LogP contribution in [0.25, 0.3) is 0 Å². The highest BCUT2D eigenvalue weighted by Crippen LogP contribution is 2.17. The number of benzene rings is 1. The van der Waals surface area contributed by atoms with Gasteiger partial charge in [0.05, 0.1) is 18.8 Å². The summed E-state index contributed by atoms with van der Waals surface area (Å²) in [4.78, 5) is 11.7. The molecule has 118 valence electrons. The van der Waals surface area contributed by atoms with E-state index in [9.17, 15) is 13.6 Å². The van der Waals surface area contributed by atoms with Crippen molar-refractivity contribution in [3.05, 3.63) is 35.4 Å². The van der Waals surface area contributed by atoms with E-state index in [-0.39, 0.29) is 18.3 Å². The molecule has 0 unspecified atom stereocenters. The van der Waals surface area contributed by atoms with Crippen molar-refractivity contribution in [3.8, 4) is 6.07 Å². The Morgan fingerprint density at radius 3 is 3.00 bits per heavy atom. The number of hydrogen-bond acceptors (Lipinski definition) is 4. The largest absolute Gasteiger partial charge is 0.376 e. The molecule has 1 saturated heterocycles. The van der Waals surface area contributed by atoms with Crippen LogP contribution in [0.15, 0.2) is 18.2 Å². The SMILES string of the molecule is N#C[C@@H](NC(=O)COC[C@H]1CCCO1)c1ccc(F)cc1F. The van der Waals surface area contributed by atoms with Crippen LogP contribution in [-0.2, 0) is 14.3 Å². The summed E-state index contributed by atoms with van der Waals surface area (Å²) in [6.07, 6.45) is 1.86. The molecule has 5 nitrogen and oxygen atoms in total. The first-order valence-corrected chi connectivity index (χ1v) is 6.93. The average molecular weight is 310 g/mol. The van der Waals surface area contributed by atoms with Gasteiger partial charge in [-0.15, -0.1) is 0 Å². The maximum atomic E-state index is 13.6. The van der Waals surface area contributed by atoms with Gasteiger partial charge in [-0.05, 0) is 18.9 Å². The van der Waals surface area contributed by atoms with Crippen LogP contribution in [0.3, 0.4) is 0 Å². The van der Waals surface area contributed by atoms with Crippen molar-refractivity contribution in [3.63, 3.8) is 0 Å². The monoisotopic (exact) mass is 310 g/mol. The number of rotatable bonds is 6. The molecule has 22 heavy (non-hydrogen) atoms. The maximum Gasteiger partial charge on any atom is 0.247 e. The van der Waals surface area contributed by atoms with Gasteiger partial charge in [-0.25, -0.2) is 8.78 Å². The zero-order valence-corrected chi connectivity index (χ0v) is 11.9. The zero-order chi connectivity index (χ0) is 15.9. The maximum absolute atomic E-state index is 13.6. The van der Waals surface area contributed by atoms with Crippen molar-refractivity contribution in [2.75, 3.05) is 19.8 Å². The number of nitrogens with one attached hydrogen (secondary N) is 1. The molecule has 1 aliphatic heterocycles. The first kappa shape index (κ1) is 16.3. The number of halogens is 2. The molecule has 2 rings (SSSR count). The van der Waals surface area contributed by atoms with Gasteiger partial charge in [0.2, 0.25) is 5.91 Å². The van der Waals surface area contributed by atoms with Gasteiger partial charge in [-0.1, -0.05) is 6.07 Å². The fourth-order valence-corrected chi connectivity index (χ4v) is 2.18. The Balaban J connectivity index is 1.84. The lowest BCUT2D eigenvalue weighted by Gasteiger charge is -2.14. The molecular weight excluding hydrogens is 294 g/mol. The molecule has 1 aliphatic rings. The van der Waals surface area contributed by atoms with Crippen LogP contribution in [-0.4, -0.2) is 31.8 Å². The molecule has 0 aromatic heterocycles. The third kappa shape index (κ3) is 4.48. The lowest BCUT2D eigenvalue weighted by atomic mass is 10.1. The zero-order valence-electron chi connectivity index (χ0n) is 11.9. The van der Waals surface area contributed by atoms with Gasteiger partial charge >= 0.3 is 0 Å². The molecule has 1 N–H and O–H groups in total. The van der Waals surface area contributed by atoms with Gasteiger partial charge < -0.3 is 14.8 Å². The summed E-state index contributed by atoms with van der Waals surface area (Å²) >= 11 is 0. The molecule has 0 radical (unpaired) electrons. The quantitative estimate of drug-likeness (QED) is 0.870. The Labute approximate surface area is 126 Å². The summed E-state index contributed by atoms with van der Waals surface area (Å²) < 4.78 is 37.0. The highest BCUT2D eigenvalue weighted by Gasteiger charge is 2.19. The van der Waals surface area contributed by atoms with Crippen molar-refractivity contribution in [2.24, 2.45) is 0 Å². The minimum absolute atomic E-state index is 0.00546. The summed E-state index contributed by atoms with van der Waals surface area (Å²) in [6, 6.07) is 3.40. The van der Waals surface area contributed by atoms with Gasteiger partial charge in [0, 0.05) is 18.2 Å². The Bertz CT molecular complexity index is 568. The second-order valence-electron chi connectivity index (χ2n) is 4.95. The van der Waals surface area contributed by atoms with E-state index in [4.69, 9.17) is 14.7 Å². The molecule has 0 spiro atoms. The highest BCUT2D eigenvalue weighted by atomic mass is 19.1. The molecule has 1 aromatic rings. The Morgan fingerprint density at radius 2 is 2.36 bits per heavy atom. The number of ether oxygens (including phenoxy) is 2. The lowest BCUT2D eigenvalue weighted by Crippen LogP contribution is -2.32. The van der Waals surface area contributed by atoms with Gasteiger partial charge in [-0.2, -0.15) is 5.26 Å². The second-order valence-corrected chi connectivity index (χ2v) is 4.95. The van der Waals surface area contributed by atoms with Crippen LogP contribution < -0.4 is 5.32 Å². The van der Waals surface area contributed by atoms with E-state index in [1.165, 1.54) is 0 Å². The summed E-state index contributed by atoms with van der Waals surface area (Å²) in [5, 5.41) is 11.4. The fourth-order valence-electron chi connectivity index (χ4n) is 2.18. The first-order valence-electron chi connectivity index (χ1n) is 6.93. The Kier molecular flexibility index (Phi) is 5.81. The Morgan fingerprint density at radius 1 is 1.55 bits per heavy atom. The van der Waals surface area contributed by atoms with Gasteiger partial charge in [0.25, 0.3) is 0 Å². The van der Waals surface area contributed by atoms with Crippen molar-refractivity contribution in [1.82, 2.24) is 5.32 Å². The van der Waals surface area contributed by atoms with E-state index in [2.05, 4.69) is 5.32 Å². The topological polar surface area (TPSA) is 71.4 Å². The molecule has 0 aliphatic carbocycles. The number of carbonyl (C=O) groups is 1. The van der Waals surface area contributed by atoms with Gasteiger partial charge in [0.15, 0.2) is 0 Å². The van der Waals surface area contributed by atoms with Gasteiger partial charge in [-0.3, -0.25) is 4.79 Å². The van der Waals surface area contributed by atoms with E-state index < -0.39 is 23.6 Å². The minimum Gasteiger partial charge on any atom is -0.376 e. The number of nitriles is 1. The van der Waals surface area contributed by atoms with Crippen molar-refractivity contribution < 1.29 is 23.0 Å². The second kappa shape index (κ2) is 7.82. The van der Waals surface area contributed by atoms with Crippen LogP contribution >= 0.6 is 0 Å². The average Bonchev–Trinajstić information content (AvgIpc) is 2.98. The standard InChI is InChI=1S/C15H16F2N2O3/c16-10-3-4-12(13(17)6-10)14(7-18)19-15(20)9-21-8-11-2-1-5-22-11/h3-4,6,11,14H,1-2,5,8-9H2,(H,19,20)/t11-,14-/m1/s1. The van der Waals surface area contributed by atoms with Crippen molar-refractivity contribution in [1.29, 1.82) is 5.26 Å². The smallest absolute Gasteiger partial charge is 0.247 e. The first-order chi connectivity index (χ1) is 10.6. The van der Waals surface area contributed by atoms with Gasteiger partial charge in [0.1, 0.15) is 24.3 Å². The summed E-state index contributed by atoms with van der Waals surface area (Å²) in [5.74, 6) is -2.18. The summed E-state index contributed by atoms with van der Waals surface area (Å²) in [6.45, 7) is 0.747. The van der Waals surface area contributed by atoms with Crippen LogP contribution in [0, 0.1) is 23.0 Å². The van der Waals surface area contributed by atoms with Crippen LogP contribution in [0.2, 0.25) is 0 Å². The number of hydrogen-bond donors (Lipinski definition) is 1. The van der Waals surface area contributed by atoms with E-state index in [0.29, 0.717) is 19.3 Å². The fraction of sp³-hybridized carbons (Fsp3) is 0.467. The Hall–Kier alpha value is -2.04. The van der Waals surface area contributed by atoms with Crippen molar-refractivity contribution >= 4 is 5.91 Å². The third-order valence-corrected chi connectivity index (χ3v) is 3.27. The molecule has 2 atom stereocenters. The number of amides is 1. The molecule has 1 aromatic carbocycles. The normalized spacial score (nSPS) is 18.7. The summed E-state index contributed by atoms with van der Waals surface area (Å²) in [7, 11) is 0. The van der Waals surface area contributed by atoms with Crippen LogP contribution in [0.4, 0.5) is 8.78 Å². The predicted molar refractivity (Wildman–Crippen MR) is 72.6 cm³/mol. The highest BCUT2D eigenvalue weighted by molar-refractivity contribution is 5.78. The molecule has 1 fully saturated rings. The molecule has 0 bridgehead atoms. The van der Waals surface area contributed by atoms with Crippen LogP contribution in [0.5, 0.6) is 0 Å². The third-order valence-electron chi connectivity index (χ3n) is 3.27. The molecule has 7 heteroatoms. The molecule has 1 amide bonds. The number of nitrogens with zero attached hydrogens (tertiary/aromatic N) is 1. The van der Waals surface area contributed by atoms with E-state index in [1.54, 1.807) is 6.07 Å².